The molecule has 0 bridgehead atoms. The van der Waals surface area contributed by atoms with Crippen molar-refractivity contribution >= 4 is 21.8 Å². The first-order valence-corrected chi connectivity index (χ1v) is 6.88. The Balaban J connectivity index is 2.01. The monoisotopic (exact) mass is 317 g/mol. The predicted octanol–water partition coefficient (Wildman–Crippen LogP) is 3.40. The average molecular weight is 318 g/mol. The molecule has 2 nitrogen and oxygen atoms in total. The van der Waals surface area contributed by atoms with E-state index < -0.39 is 17.5 Å². The first-order chi connectivity index (χ1) is 8.58. The van der Waals surface area contributed by atoms with Gasteiger partial charge in [-0.05, 0) is 37.8 Å². The van der Waals surface area contributed by atoms with E-state index in [0.717, 1.165) is 31.7 Å². The third kappa shape index (κ3) is 3.07. The highest BCUT2D eigenvalue weighted by atomic mass is 79.9. The van der Waals surface area contributed by atoms with Crippen LogP contribution in [0.2, 0.25) is 0 Å². The maximum absolute atomic E-state index is 13.4. The molecule has 1 saturated carbocycles. The summed E-state index contributed by atoms with van der Waals surface area (Å²) in [7, 11) is 0. The number of halogens is 3. The fraction of sp³-hybridized carbons (Fsp3) is 0.462. The lowest BCUT2D eigenvalue weighted by molar-refractivity contribution is 0.0923. The maximum atomic E-state index is 13.4. The number of alkyl halides is 1. The molecule has 0 aliphatic heterocycles. The zero-order valence-electron chi connectivity index (χ0n) is 9.76. The molecule has 1 aromatic rings. The van der Waals surface area contributed by atoms with Crippen LogP contribution >= 0.6 is 15.9 Å². The van der Waals surface area contributed by atoms with E-state index in [1.807, 2.05) is 0 Å². The Morgan fingerprint density at radius 2 is 1.89 bits per heavy atom. The van der Waals surface area contributed by atoms with E-state index in [-0.39, 0.29) is 11.6 Å². The van der Waals surface area contributed by atoms with Crippen molar-refractivity contribution in [2.45, 2.75) is 36.6 Å². The standard InChI is InChI=1S/C13H14BrF2NO/c14-8-4-6-9(7-5-8)17-13(18)10-2-1-3-11(15)12(10)16/h1-3,8-9H,4-7H2,(H,17,18). The molecule has 5 heteroatoms. The van der Waals surface area contributed by atoms with Crippen LogP contribution in [0.25, 0.3) is 0 Å². The predicted molar refractivity (Wildman–Crippen MR) is 68.8 cm³/mol. The second-order valence-corrected chi connectivity index (χ2v) is 5.82. The highest BCUT2D eigenvalue weighted by Crippen LogP contribution is 2.24. The lowest BCUT2D eigenvalue weighted by Gasteiger charge is -2.26. The van der Waals surface area contributed by atoms with Crippen molar-refractivity contribution in [2.75, 3.05) is 0 Å². The van der Waals surface area contributed by atoms with Crippen LogP contribution in [0, 0.1) is 11.6 Å². The molecule has 0 aromatic heterocycles. The minimum atomic E-state index is -1.08. The number of hydrogen-bond donors (Lipinski definition) is 1. The molecule has 0 spiro atoms. The van der Waals surface area contributed by atoms with E-state index in [9.17, 15) is 13.6 Å². The first-order valence-electron chi connectivity index (χ1n) is 5.97. The van der Waals surface area contributed by atoms with Crippen LogP contribution in [0.5, 0.6) is 0 Å². The molecule has 1 aliphatic rings. The van der Waals surface area contributed by atoms with E-state index in [0.29, 0.717) is 4.83 Å². The molecule has 1 N–H and O–H groups in total. The van der Waals surface area contributed by atoms with Gasteiger partial charge >= 0.3 is 0 Å². The molecule has 0 unspecified atom stereocenters. The van der Waals surface area contributed by atoms with Crippen LogP contribution in [-0.2, 0) is 0 Å². The molecule has 18 heavy (non-hydrogen) atoms. The van der Waals surface area contributed by atoms with Gasteiger partial charge in [0.05, 0.1) is 5.56 Å². The molecule has 1 aromatic carbocycles. The van der Waals surface area contributed by atoms with Crippen LogP contribution in [0.3, 0.4) is 0 Å². The van der Waals surface area contributed by atoms with Gasteiger partial charge in [0, 0.05) is 10.9 Å². The number of carbonyl (C=O) groups excluding carboxylic acids is 1. The molecular weight excluding hydrogens is 304 g/mol. The first kappa shape index (κ1) is 13.5. The molecule has 0 atom stereocenters. The summed E-state index contributed by atoms with van der Waals surface area (Å²) in [5.74, 6) is -2.61. The van der Waals surface area contributed by atoms with E-state index in [2.05, 4.69) is 21.2 Å². The zero-order valence-corrected chi connectivity index (χ0v) is 11.3. The third-order valence-electron chi connectivity index (χ3n) is 3.19. The molecule has 1 amide bonds. The second kappa shape index (κ2) is 5.78. The van der Waals surface area contributed by atoms with Crippen molar-refractivity contribution in [3.63, 3.8) is 0 Å². The zero-order chi connectivity index (χ0) is 13.1. The Hall–Kier alpha value is -0.970. The summed E-state index contributed by atoms with van der Waals surface area (Å²) in [6.45, 7) is 0. The Morgan fingerprint density at radius 3 is 2.56 bits per heavy atom. The summed E-state index contributed by atoms with van der Waals surface area (Å²) < 4.78 is 26.4. The maximum Gasteiger partial charge on any atom is 0.254 e. The topological polar surface area (TPSA) is 29.1 Å². The minimum absolute atomic E-state index is 0.0500. The summed E-state index contributed by atoms with van der Waals surface area (Å²) in [6.07, 6.45) is 3.68. The van der Waals surface area contributed by atoms with E-state index in [1.165, 1.54) is 12.1 Å². The normalized spacial score (nSPS) is 23.7. The summed E-state index contributed by atoms with van der Waals surface area (Å²) in [6, 6.07) is 3.68. The number of carbonyl (C=O) groups is 1. The Kier molecular flexibility index (Phi) is 4.32. The fourth-order valence-corrected chi connectivity index (χ4v) is 2.67. The average Bonchev–Trinajstić information content (AvgIpc) is 2.35. The second-order valence-electron chi connectivity index (χ2n) is 4.52. The molecule has 98 valence electrons. The van der Waals surface area contributed by atoms with Crippen LogP contribution in [-0.4, -0.2) is 16.8 Å². The number of rotatable bonds is 2. The summed E-state index contributed by atoms with van der Waals surface area (Å²) in [5.41, 5.74) is -0.226. The summed E-state index contributed by atoms with van der Waals surface area (Å²) in [4.78, 5) is 12.3. The SMILES string of the molecule is O=C(NC1CCC(Br)CC1)c1cccc(F)c1F. The number of hydrogen-bond acceptors (Lipinski definition) is 1. The quantitative estimate of drug-likeness (QED) is 0.832. The van der Waals surface area contributed by atoms with Crippen molar-refractivity contribution < 1.29 is 13.6 Å². The van der Waals surface area contributed by atoms with Gasteiger partial charge in [0.2, 0.25) is 0 Å². The van der Waals surface area contributed by atoms with Crippen molar-refractivity contribution in [1.29, 1.82) is 0 Å². The van der Waals surface area contributed by atoms with E-state index in [1.54, 1.807) is 0 Å². The lowest BCUT2D eigenvalue weighted by Crippen LogP contribution is -2.38. The van der Waals surface area contributed by atoms with Gasteiger partial charge in [-0.25, -0.2) is 8.78 Å². The smallest absolute Gasteiger partial charge is 0.254 e. The molecule has 0 saturated heterocycles. The van der Waals surface area contributed by atoms with Crippen LogP contribution < -0.4 is 5.32 Å². The molecule has 1 fully saturated rings. The van der Waals surface area contributed by atoms with Gasteiger partial charge in [0.1, 0.15) is 0 Å². The number of benzene rings is 1. The highest BCUT2D eigenvalue weighted by Gasteiger charge is 2.22. The van der Waals surface area contributed by atoms with Crippen molar-refractivity contribution in [3.8, 4) is 0 Å². The van der Waals surface area contributed by atoms with E-state index >= 15 is 0 Å². The van der Waals surface area contributed by atoms with Gasteiger partial charge in [0.15, 0.2) is 11.6 Å². The number of amides is 1. The van der Waals surface area contributed by atoms with Gasteiger partial charge in [-0.3, -0.25) is 4.79 Å². The van der Waals surface area contributed by atoms with E-state index in [4.69, 9.17) is 0 Å². The largest absolute Gasteiger partial charge is 0.349 e. The summed E-state index contributed by atoms with van der Waals surface area (Å²) >= 11 is 3.53. The van der Waals surface area contributed by atoms with Crippen LogP contribution in [0.15, 0.2) is 18.2 Å². The molecule has 0 radical (unpaired) electrons. The summed E-state index contributed by atoms with van der Waals surface area (Å²) in [5, 5.41) is 2.76. The van der Waals surface area contributed by atoms with Gasteiger partial charge in [0.25, 0.3) is 5.91 Å². The lowest BCUT2D eigenvalue weighted by atomic mass is 9.95. The fourth-order valence-electron chi connectivity index (χ4n) is 2.14. The molecule has 1 aliphatic carbocycles. The Bertz CT molecular complexity index is 445. The third-order valence-corrected chi connectivity index (χ3v) is 4.10. The Morgan fingerprint density at radius 1 is 1.22 bits per heavy atom. The van der Waals surface area contributed by atoms with Crippen LogP contribution in [0.4, 0.5) is 8.78 Å². The van der Waals surface area contributed by atoms with Crippen LogP contribution in [0.1, 0.15) is 36.0 Å². The molecular formula is C13H14BrF2NO. The van der Waals surface area contributed by atoms with Gasteiger partial charge < -0.3 is 5.32 Å². The van der Waals surface area contributed by atoms with Crippen molar-refractivity contribution in [1.82, 2.24) is 5.32 Å². The number of nitrogens with one attached hydrogen (secondary N) is 1. The van der Waals surface area contributed by atoms with Gasteiger partial charge in [-0.2, -0.15) is 0 Å². The molecule has 0 heterocycles. The van der Waals surface area contributed by atoms with Crippen molar-refractivity contribution in [3.05, 3.63) is 35.4 Å². The van der Waals surface area contributed by atoms with Gasteiger partial charge in [-0.15, -0.1) is 0 Å². The van der Waals surface area contributed by atoms with Crippen molar-refractivity contribution in [2.24, 2.45) is 0 Å². The highest BCUT2D eigenvalue weighted by molar-refractivity contribution is 9.09. The van der Waals surface area contributed by atoms with Gasteiger partial charge in [-0.1, -0.05) is 22.0 Å². The minimum Gasteiger partial charge on any atom is -0.349 e. The Labute approximate surface area is 113 Å². The molecule has 2 rings (SSSR count).